The standard InChI is InChI=1S/C12H11FN4O/c1-6-4-8-9(15-6)3-2-7(11(8)13)12-10(5-14)16-18-17-12/h2-4,15H,5,14H2,1H3. The summed E-state index contributed by atoms with van der Waals surface area (Å²) < 4.78 is 19.0. The molecule has 0 atom stereocenters. The molecular weight excluding hydrogens is 235 g/mol. The molecule has 0 bridgehead atoms. The first-order valence-corrected chi connectivity index (χ1v) is 5.50. The van der Waals surface area contributed by atoms with E-state index in [4.69, 9.17) is 5.73 Å². The highest BCUT2D eigenvalue weighted by atomic mass is 19.1. The molecule has 0 spiro atoms. The van der Waals surface area contributed by atoms with E-state index in [1.54, 1.807) is 18.2 Å². The Labute approximate surface area is 102 Å². The van der Waals surface area contributed by atoms with E-state index >= 15 is 0 Å². The van der Waals surface area contributed by atoms with Gasteiger partial charge < -0.3 is 10.7 Å². The summed E-state index contributed by atoms with van der Waals surface area (Å²) in [5, 5.41) is 7.89. The fourth-order valence-corrected chi connectivity index (χ4v) is 2.04. The van der Waals surface area contributed by atoms with Crippen LogP contribution in [0.25, 0.3) is 22.2 Å². The molecule has 18 heavy (non-hydrogen) atoms. The van der Waals surface area contributed by atoms with Crippen LogP contribution in [0, 0.1) is 12.7 Å². The maximum Gasteiger partial charge on any atom is 0.142 e. The van der Waals surface area contributed by atoms with Crippen LogP contribution >= 0.6 is 0 Å². The summed E-state index contributed by atoms with van der Waals surface area (Å²) in [7, 11) is 0. The minimum absolute atomic E-state index is 0.155. The molecule has 0 aliphatic carbocycles. The molecular formula is C12H11FN4O. The summed E-state index contributed by atoms with van der Waals surface area (Å²) in [6.45, 7) is 2.03. The fraction of sp³-hybridized carbons (Fsp3) is 0.167. The summed E-state index contributed by atoms with van der Waals surface area (Å²) in [6.07, 6.45) is 0. The second kappa shape index (κ2) is 3.92. The Kier molecular flexibility index (Phi) is 2.38. The lowest BCUT2D eigenvalue weighted by molar-refractivity contribution is 0.304. The molecule has 2 aromatic heterocycles. The number of aromatic amines is 1. The Morgan fingerprint density at radius 1 is 1.39 bits per heavy atom. The van der Waals surface area contributed by atoms with Crippen molar-refractivity contribution in [2.75, 3.05) is 0 Å². The summed E-state index contributed by atoms with van der Waals surface area (Å²) in [5.41, 5.74) is 8.31. The number of fused-ring (bicyclic) bond motifs is 1. The van der Waals surface area contributed by atoms with Crippen molar-refractivity contribution in [1.29, 1.82) is 0 Å². The third-order valence-corrected chi connectivity index (χ3v) is 2.88. The van der Waals surface area contributed by atoms with Gasteiger partial charge in [0.25, 0.3) is 0 Å². The van der Waals surface area contributed by atoms with Gasteiger partial charge in [0.1, 0.15) is 17.2 Å². The van der Waals surface area contributed by atoms with Gasteiger partial charge in [-0.05, 0) is 30.3 Å². The van der Waals surface area contributed by atoms with Crippen LogP contribution in [-0.2, 0) is 6.54 Å². The summed E-state index contributed by atoms with van der Waals surface area (Å²) >= 11 is 0. The molecule has 0 saturated heterocycles. The smallest absolute Gasteiger partial charge is 0.142 e. The van der Waals surface area contributed by atoms with Gasteiger partial charge in [-0.25, -0.2) is 9.02 Å². The molecule has 0 fully saturated rings. The lowest BCUT2D eigenvalue weighted by Gasteiger charge is -2.01. The molecule has 0 amide bonds. The number of nitrogens with zero attached hydrogens (tertiary/aromatic N) is 2. The zero-order valence-corrected chi connectivity index (χ0v) is 9.70. The molecule has 6 heteroatoms. The lowest BCUT2D eigenvalue weighted by Crippen LogP contribution is -1.99. The summed E-state index contributed by atoms with van der Waals surface area (Å²) in [6, 6.07) is 5.20. The molecule has 3 aromatic rings. The first-order valence-electron chi connectivity index (χ1n) is 5.50. The fourth-order valence-electron chi connectivity index (χ4n) is 2.04. The van der Waals surface area contributed by atoms with Crippen molar-refractivity contribution < 1.29 is 9.02 Å². The third kappa shape index (κ3) is 1.50. The quantitative estimate of drug-likeness (QED) is 0.725. The Balaban J connectivity index is 2.26. The van der Waals surface area contributed by atoms with Crippen LogP contribution in [0.1, 0.15) is 11.4 Å². The Hall–Kier alpha value is -2.21. The Morgan fingerprint density at radius 2 is 2.22 bits per heavy atom. The zero-order valence-electron chi connectivity index (χ0n) is 9.70. The number of hydrogen-bond acceptors (Lipinski definition) is 4. The number of halogens is 1. The van der Waals surface area contributed by atoms with Crippen molar-refractivity contribution in [2.45, 2.75) is 13.5 Å². The van der Waals surface area contributed by atoms with Crippen LogP contribution in [0.5, 0.6) is 0 Å². The van der Waals surface area contributed by atoms with E-state index in [0.717, 1.165) is 11.2 Å². The predicted molar refractivity (Wildman–Crippen MR) is 64.2 cm³/mol. The SMILES string of the molecule is Cc1cc2c(F)c(-c3nonc3CN)ccc2[nH]1. The van der Waals surface area contributed by atoms with Crippen molar-refractivity contribution in [3.05, 3.63) is 35.4 Å². The van der Waals surface area contributed by atoms with E-state index in [9.17, 15) is 4.39 Å². The van der Waals surface area contributed by atoms with Crippen molar-refractivity contribution in [3.8, 4) is 11.3 Å². The summed E-state index contributed by atoms with van der Waals surface area (Å²) in [4.78, 5) is 3.08. The number of aromatic nitrogens is 3. The van der Waals surface area contributed by atoms with Gasteiger partial charge in [0.2, 0.25) is 0 Å². The van der Waals surface area contributed by atoms with Crippen molar-refractivity contribution in [1.82, 2.24) is 15.3 Å². The van der Waals surface area contributed by atoms with Gasteiger partial charge in [-0.1, -0.05) is 5.16 Å². The molecule has 92 valence electrons. The van der Waals surface area contributed by atoms with E-state index in [-0.39, 0.29) is 12.4 Å². The summed E-state index contributed by atoms with van der Waals surface area (Å²) in [5.74, 6) is -0.345. The maximum absolute atomic E-state index is 14.4. The van der Waals surface area contributed by atoms with Crippen LogP contribution in [0.3, 0.4) is 0 Å². The average molecular weight is 246 g/mol. The molecule has 3 rings (SSSR count). The highest BCUT2D eigenvalue weighted by molar-refractivity contribution is 5.86. The van der Waals surface area contributed by atoms with E-state index < -0.39 is 0 Å². The van der Waals surface area contributed by atoms with Gasteiger partial charge in [-0.2, -0.15) is 0 Å². The molecule has 1 aromatic carbocycles. The van der Waals surface area contributed by atoms with Crippen LogP contribution in [0.15, 0.2) is 22.8 Å². The van der Waals surface area contributed by atoms with Crippen LogP contribution < -0.4 is 5.73 Å². The van der Waals surface area contributed by atoms with Gasteiger partial charge in [0, 0.05) is 28.7 Å². The lowest BCUT2D eigenvalue weighted by atomic mass is 10.1. The number of nitrogens with two attached hydrogens (primary N) is 1. The van der Waals surface area contributed by atoms with Crippen LogP contribution in [0.4, 0.5) is 4.39 Å². The second-order valence-corrected chi connectivity index (χ2v) is 4.10. The monoisotopic (exact) mass is 246 g/mol. The van der Waals surface area contributed by atoms with Gasteiger partial charge >= 0.3 is 0 Å². The number of H-pyrrole nitrogens is 1. The zero-order chi connectivity index (χ0) is 12.7. The predicted octanol–water partition coefficient (Wildman–Crippen LogP) is 2.12. The van der Waals surface area contributed by atoms with Crippen LogP contribution in [0.2, 0.25) is 0 Å². The van der Waals surface area contributed by atoms with E-state index in [1.165, 1.54) is 0 Å². The molecule has 0 saturated carbocycles. The van der Waals surface area contributed by atoms with Crippen molar-refractivity contribution in [3.63, 3.8) is 0 Å². The van der Waals surface area contributed by atoms with Gasteiger partial charge in [0.05, 0.1) is 0 Å². The van der Waals surface area contributed by atoms with Crippen molar-refractivity contribution in [2.24, 2.45) is 5.73 Å². The minimum atomic E-state index is -0.345. The van der Waals surface area contributed by atoms with Crippen molar-refractivity contribution >= 4 is 10.9 Å². The Morgan fingerprint density at radius 3 is 3.00 bits per heavy atom. The first-order chi connectivity index (χ1) is 8.70. The molecule has 3 N–H and O–H groups in total. The minimum Gasteiger partial charge on any atom is -0.359 e. The first kappa shape index (κ1) is 10.9. The maximum atomic E-state index is 14.4. The average Bonchev–Trinajstić information content (AvgIpc) is 2.95. The number of benzene rings is 1. The van der Waals surface area contributed by atoms with Gasteiger partial charge in [-0.3, -0.25) is 0 Å². The molecule has 0 radical (unpaired) electrons. The highest BCUT2D eigenvalue weighted by Gasteiger charge is 2.17. The molecule has 0 aliphatic rings. The molecule has 0 aliphatic heterocycles. The Bertz CT molecular complexity index is 716. The number of rotatable bonds is 2. The number of nitrogens with one attached hydrogen (secondary N) is 1. The molecule has 5 nitrogen and oxygen atoms in total. The highest BCUT2D eigenvalue weighted by Crippen LogP contribution is 2.29. The number of hydrogen-bond donors (Lipinski definition) is 2. The third-order valence-electron chi connectivity index (χ3n) is 2.88. The van der Waals surface area contributed by atoms with E-state index in [2.05, 4.69) is 19.9 Å². The second-order valence-electron chi connectivity index (χ2n) is 4.10. The van der Waals surface area contributed by atoms with E-state index in [0.29, 0.717) is 22.3 Å². The van der Waals surface area contributed by atoms with Gasteiger partial charge in [-0.15, -0.1) is 0 Å². The molecule has 0 unspecified atom stereocenters. The van der Waals surface area contributed by atoms with Gasteiger partial charge in [0.15, 0.2) is 0 Å². The number of aryl methyl sites for hydroxylation is 1. The van der Waals surface area contributed by atoms with E-state index in [1.807, 2.05) is 6.92 Å². The normalized spacial score (nSPS) is 11.3. The molecule has 2 heterocycles. The largest absolute Gasteiger partial charge is 0.359 e. The van der Waals surface area contributed by atoms with Crippen LogP contribution in [-0.4, -0.2) is 15.3 Å². The topological polar surface area (TPSA) is 80.7 Å².